The van der Waals surface area contributed by atoms with Crippen LogP contribution in [0.2, 0.25) is 0 Å². The van der Waals surface area contributed by atoms with Crippen LogP contribution >= 0.6 is 15.9 Å². The van der Waals surface area contributed by atoms with Crippen molar-refractivity contribution in [2.45, 2.75) is 6.92 Å². The van der Waals surface area contributed by atoms with Gasteiger partial charge in [-0.15, -0.1) is 0 Å². The average molecular weight is 338 g/mol. The lowest BCUT2D eigenvalue weighted by Crippen LogP contribution is -1.95. The van der Waals surface area contributed by atoms with Crippen molar-refractivity contribution in [1.29, 1.82) is 0 Å². The molecule has 0 saturated carbocycles. The van der Waals surface area contributed by atoms with Gasteiger partial charge in [0.25, 0.3) is 0 Å². The van der Waals surface area contributed by atoms with Crippen molar-refractivity contribution in [3.63, 3.8) is 0 Å². The number of hydrogen-bond donors (Lipinski definition) is 0. The summed E-state index contributed by atoms with van der Waals surface area (Å²) in [6, 6.07) is 9.97. The lowest BCUT2D eigenvalue weighted by atomic mass is 10.2. The van der Waals surface area contributed by atoms with Gasteiger partial charge < -0.3 is 9.47 Å². The number of nitro groups is 1. The van der Waals surface area contributed by atoms with Gasteiger partial charge in [0.15, 0.2) is 0 Å². The van der Waals surface area contributed by atoms with Gasteiger partial charge in [-0.25, -0.2) is 0 Å². The van der Waals surface area contributed by atoms with E-state index in [-0.39, 0.29) is 11.4 Å². The molecule has 0 heterocycles. The Morgan fingerprint density at radius 3 is 2.45 bits per heavy atom. The van der Waals surface area contributed by atoms with Gasteiger partial charge in [-0.05, 0) is 52.7 Å². The Morgan fingerprint density at radius 1 is 1.15 bits per heavy atom. The van der Waals surface area contributed by atoms with Crippen LogP contribution in [0.15, 0.2) is 40.9 Å². The highest BCUT2D eigenvalue weighted by molar-refractivity contribution is 9.10. The third kappa shape index (κ3) is 3.08. The summed E-state index contributed by atoms with van der Waals surface area (Å²) in [5, 5.41) is 11.1. The Hall–Kier alpha value is -2.08. The van der Waals surface area contributed by atoms with Crippen molar-refractivity contribution >= 4 is 21.6 Å². The number of aryl methyl sites for hydroxylation is 1. The summed E-state index contributed by atoms with van der Waals surface area (Å²) >= 11 is 3.37. The van der Waals surface area contributed by atoms with E-state index in [1.165, 1.54) is 19.2 Å². The van der Waals surface area contributed by atoms with E-state index in [0.29, 0.717) is 11.5 Å². The highest BCUT2D eigenvalue weighted by Crippen LogP contribution is 2.37. The van der Waals surface area contributed by atoms with Crippen molar-refractivity contribution in [3.8, 4) is 17.2 Å². The van der Waals surface area contributed by atoms with Gasteiger partial charge in [0.2, 0.25) is 5.75 Å². The van der Waals surface area contributed by atoms with E-state index in [0.717, 1.165) is 10.0 Å². The molecule has 0 N–H and O–H groups in total. The first-order valence-corrected chi connectivity index (χ1v) is 6.57. The molecule has 0 saturated heterocycles. The molecule has 0 atom stereocenters. The van der Waals surface area contributed by atoms with E-state index < -0.39 is 4.92 Å². The Labute approximate surface area is 124 Å². The topological polar surface area (TPSA) is 61.6 Å². The van der Waals surface area contributed by atoms with Crippen molar-refractivity contribution < 1.29 is 14.4 Å². The largest absolute Gasteiger partial charge is 0.496 e. The Morgan fingerprint density at radius 2 is 1.85 bits per heavy atom. The van der Waals surface area contributed by atoms with E-state index in [1.54, 1.807) is 12.1 Å². The molecule has 0 amide bonds. The summed E-state index contributed by atoms with van der Waals surface area (Å²) in [6.07, 6.45) is 0. The van der Waals surface area contributed by atoms with Crippen molar-refractivity contribution in [3.05, 3.63) is 56.5 Å². The SMILES string of the molecule is COc1ccc(Oc2ccc(C)cc2Br)c([N+](=O)[O-])c1. The number of methoxy groups -OCH3 is 1. The average Bonchev–Trinajstić information content (AvgIpc) is 2.42. The molecule has 20 heavy (non-hydrogen) atoms. The molecule has 0 bridgehead atoms. The van der Waals surface area contributed by atoms with Gasteiger partial charge in [0, 0.05) is 0 Å². The number of nitrogens with zero attached hydrogens (tertiary/aromatic N) is 1. The fourth-order valence-electron chi connectivity index (χ4n) is 1.66. The van der Waals surface area contributed by atoms with Gasteiger partial charge in [-0.1, -0.05) is 6.07 Å². The fourth-order valence-corrected chi connectivity index (χ4v) is 2.23. The number of benzene rings is 2. The molecule has 0 aromatic heterocycles. The molecule has 0 spiro atoms. The van der Waals surface area contributed by atoms with Crippen LogP contribution in [0.1, 0.15) is 5.56 Å². The van der Waals surface area contributed by atoms with Crippen LogP contribution in [0.3, 0.4) is 0 Å². The first kappa shape index (κ1) is 14.3. The minimum atomic E-state index is -0.500. The van der Waals surface area contributed by atoms with Gasteiger partial charge >= 0.3 is 5.69 Å². The van der Waals surface area contributed by atoms with E-state index in [9.17, 15) is 10.1 Å². The van der Waals surface area contributed by atoms with Gasteiger partial charge in [0.1, 0.15) is 11.5 Å². The lowest BCUT2D eigenvalue weighted by molar-refractivity contribution is -0.385. The molecular formula is C14H12BrNO4. The van der Waals surface area contributed by atoms with Crippen LogP contribution in [0.4, 0.5) is 5.69 Å². The van der Waals surface area contributed by atoms with Crippen LogP contribution in [0, 0.1) is 17.0 Å². The molecule has 6 heteroatoms. The molecule has 2 rings (SSSR count). The maximum atomic E-state index is 11.1. The molecule has 2 aromatic carbocycles. The lowest BCUT2D eigenvalue weighted by Gasteiger charge is -2.09. The molecule has 0 fully saturated rings. The molecule has 0 radical (unpaired) electrons. The third-order valence-electron chi connectivity index (χ3n) is 2.67. The van der Waals surface area contributed by atoms with Gasteiger partial charge in [-0.2, -0.15) is 0 Å². The summed E-state index contributed by atoms with van der Waals surface area (Å²) in [5.74, 6) is 1.09. The zero-order valence-electron chi connectivity index (χ0n) is 10.9. The normalized spacial score (nSPS) is 10.2. The molecule has 0 unspecified atom stereocenters. The summed E-state index contributed by atoms with van der Waals surface area (Å²) in [6.45, 7) is 1.95. The van der Waals surface area contributed by atoms with Crippen LogP contribution in [-0.4, -0.2) is 12.0 Å². The molecule has 0 aliphatic carbocycles. The Balaban J connectivity index is 2.40. The van der Waals surface area contributed by atoms with Crippen molar-refractivity contribution in [2.75, 3.05) is 7.11 Å². The highest BCUT2D eigenvalue weighted by Gasteiger charge is 2.18. The minimum absolute atomic E-state index is 0.142. The Kier molecular flexibility index (Phi) is 4.24. The van der Waals surface area contributed by atoms with Crippen LogP contribution < -0.4 is 9.47 Å². The van der Waals surface area contributed by atoms with E-state index in [1.807, 2.05) is 19.1 Å². The highest BCUT2D eigenvalue weighted by atomic mass is 79.9. The Bertz CT molecular complexity index is 658. The number of hydrogen-bond acceptors (Lipinski definition) is 4. The predicted molar refractivity (Wildman–Crippen MR) is 78.6 cm³/mol. The van der Waals surface area contributed by atoms with Crippen LogP contribution in [0.25, 0.3) is 0 Å². The second-order valence-corrected chi connectivity index (χ2v) is 4.98. The van der Waals surface area contributed by atoms with Gasteiger partial charge in [-0.3, -0.25) is 10.1 Å². The monoisotopic (exact) mass is 337 g/mol. The molecular weight excluding hydrogens is 326 g/mol. The minimum Gasteiger partial charge on any atom is -0.496 e. The quantitative estimate of drug-likeness (QED) is 0.610. The maximum Gasteiger partial charge on any atom is 0.315 e. The first-order valence-electron chi connectivity index (χ1n) is 5.77. The molecule has 5 nitrogen and oxygen atoms in total. The predicted octanol–water partition coefficient (Wildman–Crippen LogP) is 4.47. The van der Waals surface area contributed by atoms with E-state index in [4.69, 9.17) is 9.47 Å². The summed E-state index contributed by atoms with van der Waals surface area (Å²) in [5.41, 5.74) is 0.922. The molecule has 0 aliphatic rings. The molecule has 104 valence electrons. The summed E-state index contributed by atoms with van der Waals surface area (Å²) in [4.78, 5) is 10.6. The maximum absolute atomic E-state index is 11.1. The zero-order valence-corrected chi connectivity index (χ0v) is 12.5. The summed E-state index contributed by atoms with van der Waals surface area (Å²) in [7, 11) is 1.45. The van der Waals surface area contributed by atoms with E-state index >= 15 is 0 Å². The third-order valence-corrected chi connectivity index (χ3v) is 3.29. The summed E-state index contributed by atoms with van der Waals surface area (Å²) < 4.78 is 11.3. The second-order valence-electron chi connectivity index (χ2n) is 4.13. The van der Waals surface area contributed by atoms with Crippen LogP contribution in [-0.2, 0) is 0 Å². The standard InChI is InChI=1S/C14H12BrNO4/c1-9-3-5-13(11(15)7-9)20-14-6-4-10(19-2)8-12(14)16(17)18/h3-8H,1-2H3. The number of halogens is 1. The number of rotatable bonds is 4. The number of ether oxygens (including phenoxy) is 2. The van der Waals surface area contributed by atoms with Crippen LogP contribution in [0.5, 0.6) is 17.2 Å². The number of nitro benzene ring substituents is 1. The van der Waals surface area contributed by atoms with Crippen molar-refractivity contribution in [2.24, 2.45) is 0 Å². The zero-order chi connectivity index (χ0) is 14.7. The van der Waals surface area contributed by atoms with Crippen molar-refractivity contribution in [1.82, 2.24) is 0 Å². The smallest absolute Gasteiger partial charge is 0.315 e. The first-order chi connectivity index (χ1) is 9.51. The molecule has 0 aliphatic heterocycles. The van der Waals surface area contributed by atoms with Gasteiger partial charge in [0.05, 0.1) is 22.6 Å². The van der Waals surface area contributed by atoms with E-state index in [2.05, 4.69) is 15.9 Å². The second kappa shape index (κ2) is 5.92. The molecule has 2 aromatic rings. The fraction of sp³-hybridized carbons (Fsp3) is 0.143.